The Hall–Kier alpha value is -2.10. The molecule has 2 aromatic rings. The van der Waals surface area contributed by atoms with Gasteiger partial charge in [0.15, 0.2) is 0 Å². The zero-order chi connectivity index (χ0) is 11.4. The molecule has 0 aliphatic rings. The van der Waals surface area contributed by atoms with Crippen molar-refractivity contribution in [2.45, 2.75) is 6.92 Å². The van der Waals surface area contributed by atoms with Crippen molar-refractivity contribution >= 4 is 5.69 Å². The van der Waals surface area contributed by atoms with Crippen molar-refractivity contribution in [1.29, 1.82) is 0 Å². The van der Waals surface area contributed by atoms with Gasteiger partial charge in [0, 0.05) is 18.8 Å². The number of anilines is 1. The SMILES string of the molecule is CNc1ccc(Oc2cc(C)cnn2)cc1. The minimum Gasteiger partial charge on any atom is -0.438 e. The molecule has 82 valence electrons. The minimum absolute atomic E-state index is 0.511. The van der Waals surface area contributed by atoms with Crippen molar-refractivity contribution in [3.63, 3.8) is 0 Å². The van der Waals surface area contributed by atoms with Gasteiger partial charge in [0.25, 0.3) is 0 Å². The number of nitrogens with one attached hydrogen (secondary N) is 1. The van der Waals surface area contributed by atoms with Crippen LogP contribution in [-0.2, 0) is 0 Å². The molecule has 4 heteroatoms. The minimum atomic E-state index is 0.511. The van der Waals surface area contributed by atoms with Gasteiger partial charge in [0.2, 0.25) is 5.88 Å². The Bertz CT molecular complexity index is 468. The molecule has 1 N–H and O–H groups in total. The summed E-state index contributed by atoms with van der Waals surface area (Å²) in [5.74, 6) is 1.26. The number of benzene rings is 1. The van der Waals surface area contributed by atoms with Crippen molar-refractivity contribution in [1.82, 2.24) is 10.2 Å². The lowest BCUT2D eigenvalue weighted by atomic mass is 10.3. The largest absolute Gasteiger partial charge is 0.438 e. The zero-order valence-electron chi connectivity index (χ0n) is 9.27. The van der Waals surface area contributed by atoms with E-state index in [9.17, 15) is 0 Å². The molecule has 1 aromatic heterocycles. The molecule has 4 nitrogen and oxygen atoms in total. The Balaban J connectivity index is 2.14. The van der Waals surface area contributed by atoms with Crippen LogP contribution in [0.2, 0.25) is 0 Å². The second kappa shape index (κ2) is 4.61. The van der Waals surface area contributed by atoms with Crippen LogP contribution in [0.3, 0.4) is 0 Å². The number of aromatic nitrogens is 2. The van der Waals surface area contributed by atoms with E-state index in [1.54, 1.807) is 6.20 Å². The fraction of sp³-hybridized carbons (Fsp3) is 0.167. The number of rotatable bonds is 3. The smallest absolute Gasteiger partial charge is 0.239 e. The normalized spacial score (nSPS) is 9.88. The monoisotopic (exact) mass is 215 g/mol. The average molecular weight is 215 g/mol. The fourth-order valence-corrected chi connectivity index (χ4v) is 1.30. The maximum atomic E-state index is 5.56. The second-order valence-electron chi connectivity index (χ2n) is 3.45. The Kier molecular flexibility index (Phi) is 3.00. The van der Waals surface area contributed by atoms with Gasteiger partial charge in [-0.1, -0.05) is 0 Å². The van der Waals surface area contributed by atoms with Crippen LogP contribution in [0.5, 0.6) is 11.6 Å². The van der Waals surface area contributed by atoms with E-state index in [0.717, 1.165) is 17.0 Å². The van der Waals surface area contributed by atoms with Gasteiger partial charge in [-0.3, -0.25) is 0 Å². The summed E-state index contributed by atoms with van der Waals surface area (Å²) in [5, 5.41) is 10.8. The zero-order valence-corrected chi connectivity index (χ0v) is 9.27. The molecular weight excluding hydrogens is 202 g/mol. The molecular formula is C12H13N3O. The molecule has 0 aliphatic carbocycles. The third-order valence-electron chi connectivity index (χ3n) is 2.13. The highest BCUT2D eigenvalue weighted by molar-refractivity contribution is 5.46. The quantitative estimate of drug-likeness (QED) is 0.855. The van der Waals surface area contributed by atoms with Gasteiger partial charge in [0.1, 0.15) is 5.75 Å². The van der Waals surface area contributed by atoms with Crippen LogP contribution < -0.4 is 10.1 Å². The van der Waals surface area contributed by atoms with Crippen LogP contribution in [0.4, 0.5) is 5.69 Å². The van der Waals surface area contributed by atoms with E-state index in [1.165, 1.54) is 0 Å². The van der Waals surface area contributed by atoms with Gasteiger partial charge >= 0.3 is 0 Å². The Morgan fingerprint density at radius 1 is 1.19 bits per heavy atom. The van der Waals surface area contributed by atoms with Crippen molar-refractivity contribution < 1.29 is 4.74 Å². The molecule has 0 bridgehead atoms. The Morgan fingerprint density at radius 2 is 1.94 bits per heavy atom. The maximum absolute atomic E-state index is 5.56. The molecule has 0 saturated heterocycles. The molecule has 1 heterocycles. The number of hydrogen-bond donors (Lipinski definition) is 1. The third kappa shape index (κ3) is 2.48. The first-order valence-electron chi connectivity index (χ1n) is 5.03. The molecule has 0 aliphatic heterocycles. The number of nitrogens with zero attached hydrogens (tertiary/aromatic N) is 2. The predicted octanol–water partition coefficient (Wildman–Crippen LogP) is 2.62. The highest BCUT2D eigenvalue weighted by atomic mass is 16.5. The summed E-state index contributed by atoms with van der Waals surface area (Å²) in [7, 11) is 1.88. The van der Waals surface area contributed by atoms with Crippen LogP contribution in [0.15, 0.2) is 36.5 Å². The summed E-state index contributed by atoms with van der Waals surface area (Å²) in [6.07, 6.45) is 1.69. The summed E-state index contributed by atoms with van der Waals surface area (Å²) in [6, 6.07) is 9.50. The third-order valence-corrected chi connectivity index (χ3v) is 2.13. The summed E-state index contributed by atoms with van der Waals surface area (Å²) >= 11 is 0. The van der Waals surface area contributed by atoms with Crippen LogP contribution in [0, 0.1) is 6.92 Å². The molecule has 0 radical (unpaired) electrons. The Morgan fingerprint density at radius 3 is 2.56 bits per heavy atom. The van der Waals surface area contributed by atoms with Crippen LogP contribution in [0.1, 0.15) is 5.56 Å². The van der Waals surface area contributed by atoms with Crippen molar-refractivity contribution in [2.24, 2.45) is 0 Å². The van der Waals surface area contributed by atoms with Crippen molar-refractivity contribution in [3.8, 4) is 11.6 Å². The Labute approximate surface area is 94.3 Å². The van der Waals surface area contributed by atoms with Gasteiger partial charge < -0.3 is 10.1 Å². The van der Waals surface area contributed by atoms with Crippen molar-refractivity contribution in [2.75, 3.05) is 12.4 Å². The first-order chi connectivity index (χ1) is 7.78. The molecule has 0 amide bonds. The first-order valence-corrected chi connectivity index (χ1v) is 5.03. The highest BCUT2D eigenvalue weighted by Gasteiger charge is 1.99. The molecule has 0 fully saturated rings. The molecule has 16 heavy (non-hydrogen) atoms. The van der Waals surface area contributed by atoms with Crippen LogP contribution >= 0.6 is 0 Å². The average Bonchev–Trinajstić information content (AvgIpc) is 2.30. The van der Waals surface area contributed by atoms with Crippen LogP contribution in [0.25, 0.3) is 0 Å². The van der Waals surface area contributed by atoms with Crippen LogP contribution in [-0.4, -0.2) is 17.2 Å². The summed E-state index contributed by atoms with van der Waals surface area (Å²) in [6.45, 7) is 1.95. The summed E-state index contributed by atoms with van der Waals surface area (Å²) in [4.78, 5) is 0. The van der Waals surface area contributed by atoms with E-state index in [2.05, 4.69) is 15.5 Å². The van der Waals surface area contributed by atoms with E-state index in [-0.39, 0.29) is 0 Å². The van der Waals surface area contributed by atoms with Gasteiger partial charge in [0.05, 0.1) is 6.20 Å². The molecule has 0 saturated carbocycles. The molecule has 1 aromatic carbocycles. The van der Waals surface area contributed by atoms with Gasteiger partial charge in [-0.15, -0.1) is 5.10 Å². The first kappa shape index (κ1) is 10.4. The van der Waals surface area contributed by atoms with Gasteiger partial charge in [-0.25, -0.2) is 0 Å². The standard InChI is InChI=1S/C12H13N3O/c1-9-7-12(15-14-8-9)16-11-5-3-10(13-2)4-6-11/h3-8,13H,1-2H3. The molecule has 0 spiro atoms. The fourth-order valence-electron chi connectivity index (χ4n) is 1.30. The van der Waals surface area contributed by atoms with E-state index >= 15 is 0 Å². The van der Waals surface area contributed by atoms with E-state index < -0.39 is 0 Å². The van der Waals surface area contributed by atoms with Gasteiger partial charge in [-0.05, 0) is 36.8 Å². The summed E-state index contributed by atoms with van der Waals surface area (Å²) in [5.41, 5.74) is 2.07. The summed E-state index contributed by atoms with van der Waals surface area (Å²) < 4.78 is 5.56. The molecule has 0 unspecified atom stereocenters. The van der Waals surface area contributed by atoms with E-state index in [1.807, 2.05) is 44.3 Å². The predicted molar refractivity (Wildman–Crippen MR) is 62.8 cm³/mol. The number of hydrogen-bond acceptors (Lipinski definition) is 4. The van der Waals surface area contributed by atoms with Gasteiger partial charge in [-0.2, -0.15) is 5.10 Å². The number of ether oxygens (including phenoxy) is 1. The second-order valence-corrected chi connectivity index (χ2v) is 3.45. The van der Waals surface area contributed by atoms with E-state index in [4.69, 9.17) is 4.74 Å². The van der Waals surface area contributed by atoms with Crippen molar-refractivity contribution in [3.05, 3.63) is 42.1 Å². The molecule has 2 rings (SSSR count). The number of aryl methyl sites for hydroxylation is 1. The topological polar surface area (TPSA) is 47.0 Å². The van der Waals surface area contributed by atoms with E-state index in [0.29, 0.717) is 5.88 Å². The maximum Gasteiger partial charge on any atom is 0.239 e. The highest BCUT2D eigenvalue weighted by Crippen LogP contribution is 2.20. The molecule has 0 atom stereocenters. The lowest BCUT2D eigenvalue weighted by Gasteiger charge is -2.05. The lowest BCUT2D eigenvalue weighted by Crippen LogP contribution is -1.92. The lowest BCUT2D eigenvalue weighted by molar-refractivity contribution is 0.454.